The fraction of sp³-hybridized carbons (Fsp3) is 0.581. The Bertz CT molecular complexity index is 2480. The molecule has 80 heavy (non-hydrogen) atoms. The molecule has 0 bridgehead atoms. The van der Waals surface area contributed by atoms with Crippen LogP contribution in [0.1, 0.15) is 147 Å². The minimum Gasteiger partial charge on any atom is -0.347 e. The second-order valence-corrected chi connectivity index (χ2v) is 23.6. The summed E-state index contributed by atoms with van der Waals surface area (Å²) in [6.45, 7) is 5.76. The zero-order valence-electron chi connectivity index (χ0n) is 47.2. The van der Waals surface area contributed by atoms with Gasteiger partial charge in [-0.05, 0) is 127 Å². The van der Waals surface area contributed by atoms with Gasteiger partial charge in [0, 0.05) is 74.3 Å². The van der Waals surface area contributed by atoms with E-state index in [1.54, 1.807) is 62.0 Å². The van der Waals surface area contributed by atoms with Gasteiger partial charge in [-0.3, -0.25) is 38.4 Å². The van der Waals surface area contributed by atoms with Crippen LogP contribution in [0.2, 0.25) is 0 Å². The summed E-state index contributed by atoms with van der Waals surface area (Å²) in [6.07, 6.45) is 11.0. The van der Waals surface area contributed by atoms with Crippen LogP contribution in [0.15, 0.2) is 84.9 Å². The Morgan fingerprint density at radius 2 is 0.825 bits per heavy atom. The third kappa shape index (κ3) is 13.6. The minimum absolute atomic E-state index is 0.0801. The molecule has 18 heteroatoms. The van der Waals surface area contributed by atoms with Crippen molar-refractivity contribution in [3.8, 4) is 0 Å². The van der Waals surface area contributed by atoms with E-state index in [2.05, 4.69) is 56.2 Å². The van der Waals surface area contributed by atoms with Crippen molar-refractivity contribution in [3.05, 3.63) is 107 Å². The molecular weight excluding hydrogens is 1010 g/mol. The summed E-state index contributed by atoms with van der Waals surface area (Å²) in [5, 5.41) is 18.3. The minimum atomic E-state index is -0.852. The van der Waals surface area contributed by atoms with E-state index in [0.29, 0.717) is 26.2 Å². The predicted octanol–water partition coefficient (Wildman–Crippen LogP) is 4.46. The van der Waals surface area contributed by atoms with Crippen molar-refractivity contribution in [3.63, 3.8) is 0 Å². The SMILES string of the molecule is CN[C@@H](C)C(=O)N[C@H](C(=O)N1C[C@@H](NC(=O)c2ccc(C(=O)N[C@H]3C[C@@H](C(=O)N4CC[C@@H](c5ccccc5)C4)N(C(=O)[C@@H](NC(=O)[C@H](C)NC)C4CCCCC4)C3)cc2)C[C@H]1C(=O)N1CC[C@@H](c2ccccc2)C1)C1CCCCC1. The molecule has 4 heterocycles. The van der Waals surface area contributed by atoms with Crippen LogP contribution >= 0.6 is 0 Å². The molecule has 2 saturated carbocycles. The van der Waals surface area contributed by atoms with Gasteiger partial charge in [-0.1, -0.05) is 99.2 Å². The number of likely N-dealkylation sites (tertiary alicyclic amines) is 4. The zero-order chi connectivity index (χ0) is 56.5. The molecule has 9 rings (SSSR count). The van der Waals surface area contributed by atoms with E-state index >= 15 is 0 Å². The number of hydrogen-bond donors (Lipinski definition) is 6. The van der Waals surface area contributed by atoms with Crippen molar-refractivity contribution >= 4 is 47.3 Å². The monoisotopic (exact) mass is 1100 g/mol. The van der Waals surface area contributed by atoms with Crippen LogP contribution in [0, 0.1) is 11.8 Å². The number of carbonyl (C=O) groups excluding carboxylic acids is 8. The largest absolute Gasteiger partial charge is 0.347 e. The first-order chi connectivity index (χ1) is 38.7. The Labute approximate surface area is 471 Å². The molecule has 430 valence electrons. The Morgan fingerprint density at radius 1 is 0.463 bits per heavy atom. The van der Waals surface area contributed by atoms with Gasteiger partial charge in [0.05, 0.1) is 12.1 Å². The number of amides is 8. The smallest absolute Gasteiger partial charge is 0.251 e. The first-order valence-corrected chi connectivity index (χ1v) is 29.7. The van der Waals surface area contributed by atoms with Crippen molar-refractivity contribution in [1.29, 1.82) is 0 Å². The van der Waals surface area contributed by atoms with Crippen LogP contribution in [0.4, 0.5) is 0 Å². The molecule has 0 unspecified atom stereocenters. The molecule has 0 spiro atoms. The molecule has 2 aliphatic carbocycles. The van der Waals surface area contributed by atoms with Crippen LogP contribution in [-0.4, -0.2) is 169 Å². The van der Waals surface area contributed by atoms with Crippen molar-refractivity contribution in [1.82, 2.24) is 51.5 Å². The van der Waals surface area contributed by atoms with Gasteiger partial charge in [-0.2, -0.15) is 0 Å². The van der Waals surface area contributed by atoms with Gasteiger partial charge in [0.15, 0.2) is 0 Å². The van der Waals surface area contributed by atoms with E-state index in [1.165, 1.54) is 0 Å². The van der Waals surface area contributed by atoms with Crippen LogP contribution in [0.3, 0.4) is 0 Å². The highest BCUT2D eigenvalue weighted by atomic mass is 16.2. The van der Waals surface area contributed by atoms with Crippen LogP contribution in [0.25, 0.3) is 0 Å². The topological polar surface area (TPSA) is 222 Å². The molecule has 6 N–H and O–H groups in total. The van der Waals surface area contributed by atoms with Gasteiger partial charge in [-0.25, -0.2) is 0 Å². The summed E-state index contributed by atoms with van der Waals surface area (Å²) in [6, 6.07) is 20.9. The van der Waals surface area contributed by atoms with Gasteiger partial charge in [0.25, 0.3) is 11.8 Å². The highest BCUT2D eigenvalue weighted by Crippen LogP contribution is 2.35. The molecular formula is C62H84N10O8. The van der Waals surface area contributed by atoms with Gasteiger partial charge in [-0.15, -0.1) is 0 Å². The van der Waals surface area contributed by atoms with E-state index in [9.17, 15) is 38.4 Å². The third-order valence-corrected chi connectivity index (χ3v) is 18.4. The molecule has 6 aliphatic rings. The lowest BCUT2D eigenvalue weighted by Gasteiger charge is -2.35. The molecule has 0 radical (unpaired) electrons. The summed E-state index contributed by atoms with van der Waals surface area (Å²) < 4.78 is 0. The van der Waals surface area contributed by atoms with E-state index in [1.807, 2.05) is 46.2 Å². The fourth-order valence-electron chi connectivity index (χ4n) is 13.4. The number of likely N-dealkylation sites (N-methyl/N-ethyl adjacent to an activating group) is 2. The number of carbonyl (C=O) groups is 8. The highest BCUT2D eigenvalue weighted by molar-refractivity contribution is 5.99. The van der Waals surface area contributed by atoms with Crippen molar-refractivity contribution in [2.45, 2.75) is 164 Å². The maximum Gasteiger partial charge on any atom is 0.251 e. The number of benzene rings is 3. The quantitative estimate of drug-likeness (QED) is 0.105. The average molecular weight is 1100 g/mol. The molecule has 18 nitrogen and oxygen atoms in total. The molecule has 0 aromatic heterocycles. The summed E-state index contributed by atoms with van der Waals surface area (Å²) in [7, 11) is 3.39. The summed E-state index contributed by atoms with van der Waals surface area (Å²) in [5.41, 5.74) is 2.87. The maximum absolute atomic E-state index is 14.9. The molecule has 3 aromatic rings. The molecule has 4 aliphatic heterocycles. The lowest BCUT2D eigenvalue weighted by atomic mass is 9.83. The van der Waals surface area contributed by atoms with Gasteiger partial charge in [0.2, 0.25) is 35.4 Å². The summed E-state index contributed by atoms with van der Waals surface area (Å²) in [5.74, 6) is -2.28. The predicted molar refractivity (Wildman–Crippen MR) is 304 cm³/mol. The third-order valence-electron chi connectivity index (χ3n) is 18.4. The molecule has 8 amide bonds. The zero-order valence-corrected chi connectivity index (χ0v) is 47.2. The fourth-order valence-corrected chi connectivity index (χ4v) is 13.4. The van der Waals surface area contributed by atoms with E-state index in [0.717, 1.165) is 88.2 Å². The summed E-state index contributed by atoms with van der Waals surface area (Å²) in [4.78, 5) is 121. The van der Waals surface area contributed by atoms with Crippen LogP contribution < -0.4 is 31.9 Å². The van der Waals surface area contributed by atoms with Crippen LogP contribution in [0.5, 0.6) is 0 Å². The maximum atomic E-state index is 14.9. The molecule has 3 aromatic carbocycles. The first-order valence-electron chi connectivity index (χ1n) is 29.7. The van der Waals surface area contributed by atoms with Gasteiger partial charge >= 0.3 is 0 Å². The first kappa shape index (κ1) is 58.0. The molecule has 10 atom stereocenters. The lowest BCUT2D eigenvalue weighted by Crippen LogP contribution is -2.58. The van der Waals surface area contributed by atoms with Gasteiger partial charge < -0.3 is 51.5 Å². The van der Waals surface area contributed by atoms with Crippen molar-refractivity contribution in [2.75, 3.05) is 53.4 Å². The van der Waals surface area contributed by atoms with E-state index < -0.39 is 60.1 Å². The number of hydrogen-bond acceptors (Lipinski definition) is 10. The van der Waals surface area contributed by atoms with E-state index in [4.69, 9.17) is 0 Å². The molecule has 6 fully saturated rings. The highest BCUT2D eigenvalue weighted by Gasteiger charge is 2.49. The van der Waals surface area contributed by atoms with E-state index in [-0.39, 0.29) is 96.2 Å². The Kier molecular flexibility index (Phi) is 19.4. The average Bonchev–Trinajstić information content (AvgIpc) is 4.38. The number of rotatable bonds is 18. The van der Waals surface area contributed by atoms with Crippen molar-refractivity contribution < 1.29 is 38.4 Å². The van der Waals surface area contributed by atoms with Gasteiger partial charge in [0.1, 0.15) is 24.2 Å². The second kappa shape index (κ2) is 26.7. The Balaban J connectivity index is 0.890. The lowest BCUT2D eigenvalue weighted by molar-refractivity contribution is -0.146. The Hall–Kier alpha value is -6.66. The van der Waals surface area contributed by atoms with Crippen LogP contribution in [-0.2, 0) is 28.8 Å². The number of nitrogens with zero attached hydrogens (tertiary/aromatic N) is 4. The normalized spacial score (nSPS) is 25.1. The second-order valence-electron chi connectivity index (χ2n) is 23.6. The summed E-state index contributed by atoms with van der Waals surface area (Å²) >= 11 is 0. The number of nitrogens with one attached hydrogen (secondary N) is 6. The Morgan fingerprint density at radius 3 is 1.18 bits per heavy atom. The van der Waals surface area contributed by atoms with Crippen molar-refractivity contribution in [2.24, 2.45) is 11.8 Å². The molecule has 4 saturated heterocycles. The standard InChI is InChI=1S/C62H84N10O8/c1-39(63-3)55(73)67-53(43-21-13-7-14-22-43)61(79)71-37-49(33-51(71)59(77)69-31-29-47(35-69)41-17-9-5-10-18-41)65-57(75)45-25-27-46(28-26-45)58(76)66-50-34-52(60(78)70-32-30-48(36-70)42-19-11-6-12-20-42)72(38-50)62(80)54(44-23-15-8-16-24-44)68-56(74)40(2)64-4/h5-6,9-12,17-20,25-28,39-40,43-44,47-54,63-64H,7-8,13-16,21-24,29-38H2,1-4H3,(H,65,75)(H,66,76)(H,67,73)(H,68,74)/t39-,40-,47+,48+,49-,50-,51-,52-,53-,54-/m0/s1.